The number of amides is 1. The molecule has 0 bridgehead atoms. The first-order chi connectivity index (χ1) is 13.5. The Morgan fingerprint density at radius 3 is 2.71 bits per heavy atom. The van der Waals surface area contributed by atoms with Gasteiger partial charge in [0.05, 0.1) is 25.4 Å². The third-order valence-corrected chi connectivity index (χ3v) is 4.59. The van der Waals surface area contributed by atoms with Crippen LogP contribution in [0.5, 0.6) is 11.5 Å². The Balaban J connectivity index is 1.83. The summed E-state index contributed by atoms with van der Waals surface area (Å²) in [5, 5.41) is 23.0. The van der Waals surface area contributed by atoms with Gasteiger partial charge in [-0.05, 0) is 47.7 Å². The predicted octanol–water partition coefficient (Wildman–Crippen LogP) is 3.06. The van der Waals surface area contributed by atoms with E-state index in [1.807, 2.05) is 0 Å². The first-order valence-corrected chi connectivity index (χ1v) is 8.92. The molecule has 1 saturated carbocycles. The summed E-state index contributed by atoms with van der Waals surface area (Å²) in [7, 11) is 1.54. The largest absolute Gasteiger partial charge is 0.493 e. The minimum Gasteiger partial charge on any atom is -0.493 e. The Morgan fingerprint density at radius 2 is 2.07 bits per heavy atom. The molecular formula is C19H21N3O6. The number of aromatic nitrogens is 1. The minimum atomic E-state index is -0.696. The maximum Gasteiger partial charge on any atom is 0.364 e. The number of carbonyl (C=O) groups excluding carboxylic acids is 1. The summed E-state index contributed by atoms with van der Waals surface area (Å²) in [4.78, 5) is 26.5. The number of aliphatic hydroxyl groups excluding tert-OH is 1. The molecule has 3 rings (SSSR count). The van der Waals surface area contributed by atoms with Crippen molar-refractivity contribution in [1.82, 2.24) is 4.98 Å². The van der Waals surface area contributed by atoms with E-state index in [0.717, 1.165) is 37.9 Å². The van der Waals surface area contributed by atoms with E-state index in [4.69, 9.17) is 9.47 Å². The molecule has 2 N–H and O–H groups in total. The molecule has 1 aromatic heterocycles. The Bertz CT molecular complexity index is 880. The number of hydrogen-bond acceptors (Lipinski definition) is 7. The Hall–Kier alpha value is -3.20. The minimum absolute atomic E-state index is 0.0155. The van der Waals surface area contributed by atoms with E-state index in [2.05, 4.69) is 10.3 Å². The molecule has 9 nitrogen and oxygen atoms in total. The van der Waals surface area contributed by atoms with E-state index in [-0.39, 0.29) is 17.2 Å². The van der Waals surface area contributed by atoms with Gasteiger partial charge in [-0.3, -0.25) is 4.79 Å². The summed E-state index contributed by atoms with van der Waals surface area (Å²) in [6, 6.07) is 6.03. The standard InChI is InChI=1S/C19H21N3O6/c1-27-16-7-6-13(8-17(16)28-14-4-2-3-5-14)21-19(24)15-9-18(22(25)26)20-10-12(15)11-23/h6-10,14,23H,2-5,11H2,1H3,(H,21,24). The number of aliphatic hydroxyl groups is 1. The van der Waals surface area contributed by atoms with Gasteiger partial charge in [0.15, 0.2) is 11.5 Å². The number of nitrogens with zero attached hydrogens (tertiary/aromatic N) is 2. The number of pyridine rings is 1. The van der Waals surface area contributed by atoms with Gasteiger partial charge in [0.25, 0.3) is 5.91 Å². The zero-order chi connectivity index (χ0) is 20.1. The van der Waals surface area contributed by atoms with Gasteiger partial charge < -0.3 is 30.0 Å². The Kier molecular flexibility index (Phi) is 6.05. The molecule has 0 atom stereocenters. The van der Waals surface area contributed by atoms with Crippen molar-refractivity contribution in [2.45, 2.75) is 38.4 Å². The van der Waals surface area contributed by atoms with Crippen LogP contribution in [0.1, 0.15) is 41.6 Å². The Labute approximate surface area is 161 Å². The zero-order valence-corrected chi connectivity index (χ0v) is 15.4. The van der Waals surface area contributed by atoms with Crippen LogP contribution in [0.2, 0.25) is 0 Å². The van der Waals surface area contributed by atoms with Crippen molar-refractivity contribution in [2.24, 2.45) is 0 Å². The number of hydrogen-bond donors (Lipinski definition) is 2. The molecule has 1 aliphatic carbocycles. The van der Waals surface area contributed by atoms with Gasteiger partial charge in [0, 0.05) is 23.4 Å². The predicted molar refractivity (Wildman–Crippen MR) is 101 cm³/mol. The number of methoxy groups -OCH3 is 1. The van der Waals surface area contributed by atoms with Crippen LogP contribution in [-0.2, 0) is 6.61 Å². The van der Waals surface area contributed by atoms with Crippen molar-refractivity contribution >= 4 is 17.4 Å². The number of carbonyl (C=O) groups is 1. The topological polar surface area (TPSA) is 124 Å². The molecule has 0 aliphatic heterocycles. The molecule has 1 amide bonds. The summed E-state index contributed by atoms with van der Waals surface area (Å²) in [6.07, 6.45) is 5.42. The molecule has 0 saturated heterocycles. The number of nitrogens with one attached hydrogen (secondary N) is 1. The molecule has 28 heavy (non-hydrogen) atoms. The highest BCUT2D eigenvalue weighted by Gasteiger charge is 2.21. The van der Waals surface area contributed by atoms with E-state index in [1.165, 1.54) is 0 Å². The van der Waals surface area contributed by atoms with Gasteiger partial charge >= 0.3 is 5.82 Å². The van der Waals surface area contributed by atoms with Crippen LogP contribution >= 0.6 is 0 Å². The fraction of sp³-hybridized carbons (Fsp3) is 0.368. The molecule has 0 radical (unpaired) electrons. The molecule has 0 unspecified atom stereocenters. The SMILES string of the molecule is COc1ccc(NC(=O)c2cc([N+](=O)[O-])ncc2CO)cc1OC1CCCC1. The van der Waals surface area contributed by atoms with Crippen molar-refractivity contribution < 1.29 is 24.3 Å². The van der Waals surface area contributed by atoms with E-state index in [9.17, 15) is 20.0 Å². The van der Waals surface area contributed by atoms with Crippen LogP contribution in [0.4, 0.5) is 11.5 Å². The highest BCUT2D eigenvalue weighted by molar-refractivity contribution is 6.05. The van der Waals surface area contributed by atoms with E-state index < -0.39 is 23.3 Å². The normalized spacial score (nSPS) is 13.9. The van der Waals surface area contributed by atoms with Crippen LogP contribution in [-0.4, -0.2) is 34.1 Å². The van der Waals surface area contributed by atoms with Crippen LogP contribution in [0.3, 0.4) is 0 Å². The summed E-state index contributed by atoms with van der Waals surface area (Å²) in [6.45, 7) is -0.466. The number of nitro groups is 1. The molecule has 2 aromatic rings. The monoisotopic (exact) mass is 387 g/mol. The summed E-state index contributed by atoms with van der Waals surface area (Å²) >= 11 is 0. The number of benzene rings is 1. The van der Waals surface area contributed by atoms with E-state index in [0.29, 0.717) is 17.2 Å². The van der Waals surface area contributed by atoms with Crippen molar-refractivity contribution in [1.29, 1.82) is 0 Å². The maximum absolute atomic E-state index is 12.6. The number of anilines is 1. The van der Waals surface area contributed by atoms with Crippen LogP contribution in [0.15, 0.2) is 30.5 Å². The fourth-order valence-corrected chi connectivity index (χ4v) is 3.14. The van der Waals surface area contributed by atoms with Crippen LogP contribution in [0, 0.1) is 10.1 Å². The van der Waals surface area contributed by atoms with Gasteiger partial charge in [-0.2, -0.15) is 0 Å². The molecular weight excluding hydrogens is 366 g/mol. The van der Waals surface area contributed by atoms with Crippen molar-refractivity contribution in [3.8, 4) is 11.5 Å². The lowest BCUT2D eigenvalue weighted by molar-refractivity contribution is -0.389. The second-order valence-electron chi connectivity index (χ2n) is 6.46. The third-order valence-electron chi connectivity index (χ3n) is 4.59. The van der Waals surface area contributed by atoms with Gasteiger partial charge in [0.2, 0.25) is 0 Å². The quantitative estimate of drug-likeness (QED) is 0.553. The first-order valence-electron chi connectivity index (χ1n) is 8.92. The fourth-order valence-electron chi connectivity index (χ4n) is 3.14. The lowest BCUT2D eigenvalue weighted by Gasteiger charge is -2.17. The molecule has 148 valence electrons. The molecule has 1 aliphatic rings. The van der Waals surface area contributed by atoms with E-state index >= 15 is 0 Å². The Morgan fingerprint density at radius 1 is 1.32 bits per heavy atom. The first kappa shape index (κ1) is 19.6. The highest BCUT2D eigenvalue weighted by Crippen LogP contribution is 2.34. The smallest absolute Gasteiger partial charge is 0.364 e. The molecule has 1 fully saturated rings. The van der Waals surface area contributed by atoms with Crippen LogP contribution in [0.25, 0.3) is 0 Å². The van der Waals surface area contributed by atoms with Gasteiger partial charge in [-0.1, -0.05) is 0 Å². The average Bonchev–Trinajstić information content (AvgIpc) is 3.20. The molecule has 9 heteroatoms. The lowest BCUT2D eigenvalue weighted by Crippen LogP contribution is -2.16. The third kappa shape index (κ3) is 4.37. The van der Waals surface area contributed by atoms with E-state index in [1.54, 1.807) is 25.3 Å². The van der Waals surface area contributed by atoms with Gasteiger partial charge in [0.1, 0.15) is 6.20 Å². The van der Waals surface area contributed by atoms with Gasteiger partial charge in [-0.25, -0.2) is 0 Å². The summed E-state index contributed by atoms with van der Waals surface area (Å²) in [5.74, 6) is 0.0182. The van der Waals surface area contributed by atoms with Gasteiger partial charge in [-0.15, -0.1) is 0 Å². The molecule has 1 heterocycles. The average molecular weight is 387 g/mol. The van der Waals surface area contributed by atoms with Crippen molar-refractivity contribution in [2.75, 3.05) is 12.4 Å². The molecule has 0 spiro atoms. The second kappa shape index (κ2) is 8.66. The number of rotatable bonds is 7. The zero-order valence-electron chi connectivity index (χ0n) is 15.4. The lowest BCUT2D eigenvalue weighted by atomic mass is 10.1. The van der Waals surface area contributed by atoms with Crippen LogP contribution < -0.4 is 14.8 Å². The highest BCUT2D eigenvalue weighted by atomic mass is 16.6. The molecule has 1 aromatic carbocycles. The van der Waals surface area contributed by atoms with Crippen molar-refractivity contribution in [3.05, 3.63) is 51.7 Å². The second-order valence-corrected chi connectivity index (χ2v) is 6.46. The summed E-state index contributed by atoms with van der Waals surface area (Å²) in [5.41, 5.74) is 0.625. The summed E-state index contributed by atoms with van der Waals surface area (Å²) < 4.78 is 11.3. The maximum atomic E-state index is 12.6. The number of ether oxygens (including phenoxy) is 2. The van der Waals surface area contributed by atoms with Crippen molar-refractivity contribution in [3.63, 3.8) is 0 Å².